The van der Waals surface area contributed by atoms with Crippen molar-refractivity contribution in [3.63, 3.8) is 0 Å². The van der Waals surface area contributed by atoms with Gasteiger partial charge >= 0.3 is 5.97 Å². The number of aromatic nitrogens is 1. The second-order valence-electron chi connectivity index (χ2n) is 7.45. The fourth-order valence-corrected chi connectivity index (χ4v) is 5.66. The number of carbonyl (C=O) groups is 1. The molecule has 2 aromatic carbocycles. The van der Waals surface area contributed by atoms with E-state index in [-0.39, 0.29) is 13.0 Å². The van der Waals surface area contributed by atoms with E-state index in [1.54, 1.807) is 12.1 Å². The molecule has 0 aliphatic carbocycles. The third kappa shape index (κ3) is 3.91. The number of non-ortho nitro benzene ring substituents is 1. The Balaban J connectivity index is 1.87. The second kappa shape index (κ2) is 8.68. The van der Waals surface area contributed by atoms with Gasteiger partial charge in [0.1, 0.15) is 6.04 Å². The molecule has 1 N–H and O–H groups in total. The van der Waals surface area contributed by atoms with Crippen LogP contribution in [0, 0.1) is 20.2 Å². The summed E-state index contributed by atoms with van der Waals surface area (Å²) in [6, 6.07) is 8.22. The first kappa shape index (κ1) is 23.1. The predicted molar refractivity (Wildman–Crippen MR) is 120 cm³/mol. The zero-order valence-electron chi connectivity index (χ0n) is 17.7. The highest BCUT2D eigenvalue weighted by Gasteiger charge is 2.41. The van der Waals surface area contributed by atoms with E-state index in [0.29, 0.717) is 17.3 Å². The Labute approximate surface area is 192 Å². The fourth-order valence-electron chi connectivity index (χ4n) is 3.99. The van der Waals surface area contributed by atoms with E-state index in [4.69, 9.17) is 4.74 Å². The van der Waals surface area contributed by atoms with Gasteiger partial charge in [-0.25, -0.2) is 8.42 Å². The lowest BCUT2D eigenvalue weighted by molar-refractivity contribution is -0.396. The molecule has 12 nitrogen and oxygen atoms in total. The minimum absolute atomic E-state index is 0.0592. The highest BCUT2D eigenvalue weighted by molar-refractivity contribution is 7.89. The van der Waals surface area contributed by atoms with Gasteiger partial charge in [0.05, 0.1) is 23.0 Å². The summed E-state index contributed by atoms with van der Waals surface area (Å²) in [6.45, 7) is -0.287. The van der Waals surface area contributed by atoms with Crippen molar-refractivity contribution in [1.29, 1.82) is 0 Å². The maximum atomic E-state index is 13.6. The van der Waals surface area contributed by atoms with Crippen LogP contribution in [0.15, 0.2) is 53.4 Å². The molecule has 1 aromatic heterocycles. The number of nitro groups is 2. The Morgan fingerprint density at radius 3 is 2.56 bits per heavy atom. The van der Waals surface area contributed by atoms with Gasteiger partial charge < -0.3 is 9.72 Å². The number of fused-ring (bicyclic) bond motifs is 3. The van der Waals surface area contributed by atoms with Gasteiger partial charge in [0.2, 0.25) is 0 Å². The molecule has 1 atom stereocenters. The van der Waals surface area contributed by atoms with Crippen LogP contribution in [0.1, 0.15) is 11.3 Å². The lowest BCUT2D eigenvalue weighted by Gasteiger charge is -2.29. The summed E-state index contributed by atoms with van der Waals surface area (Å²) in [4.78, 5) is 36.0. The number of para-hydroxylation sites is 1. The van der Waals surface area contributed by atoms with E-state index >= 15 is 0 Å². The number of sulfonamides is 1. The van der Waals surface area contributed by atoms with Crippen LogP contribution in [0.4, 0.5) is 11.4 Å². The van der Waals surface area contributed by atoms with Crippen molar-refractivity contribution in [2.24, 2.45) is 0 Å². The molecule has 0 unspecified atom stereocenters. The average Bonchev–Trinajstić information content (AvgIpc) is 3.14. The highest BCUT2D eigenvalue weighted by atomic mass is 32.2. The molecule has 0 spiro atoms. The first-order valence-corrected chi connectivity index (χ1v) is 11.4. The molecule has 0 radical (unpaired) electrons. The van der Waals surface area contributed by atoms with Gasteiger partial charge in [-0.2, -0.15) is 4.31 Å². The largest absolute Gasteiger partial charge is 0.468 e. The lowest BCUT2D eigenvalue weighted by atomic mass is 10.0. The smallest absolute Gasteiger partial charge is 0.324 e. The van der Waals surface area contributed by atoms with Crippen LogP contribution in [0.2, 0.25) is 0 Å². The summed E-state index contributed by atoms with van der Waals surface area (Å²) in [6.07, 6.45) is 3.13. The molecule has 0 amide bonds. The first-order chi connectivity index (χ1) is 16.1. The number of nitro benzene ring substituents is 2. The molecule has 0 saturated carbocycles. The summed E-state index contributed by atoms with van der Waals surface area (Å²) in [5.74, 6) is -0.848. The minimum Gasteiger partial charge on any atom is -0.468 e. The molecule has 13 heteroatoms. The first-order valence-electron chi connectivity index (χ1n) is 9.93. The molecule has 0 saturated heterocycles. The van der Waals surface area contributed by atoms with Gasteiger partial charge in [-0.1, -0.05) is 24.3 Å². The number of methoxy groups -OCH3 is 1. The standard InChI is InChI=1S/C21H18N4O8S/c1-33-21(26)19-12-15-14-5-2-3-6-16(14)22-17(15)7-4-10-23(19)34(31,32)20-9-8-13(24(27)28)11-18(20)25(29)30/h2-9,11,19,22H,10,12H2,1H3/b7-4-/t19-/m0/s1. The highest BCUT2D eigenvalue weighted by Crippen LogP contribution is 2.34. The number of nitrogens with one attached hydrogen (secondary N) is 1. The number of hydrogen-bond donors (Lipinski definition) is 1. The third-order valence-electron chi connectivity index (χ3n) is 5.57. The SMILES string of the molecule is COC(=O)[C@@H]1Cc2c([nH]c3ccccc23)/C=C\CN1S(=O)(=O)c1ccc([N+](=O)[O-])cc1[N+](=O)[O-]. The second-order valence-corrected chi connectivity index (χ2v) is 9.31. The Bertz CT molecular complexity index is 1460. The topological polar surface area (TPSA) is 166 Å². The van der Waals surface area contributed by atoms with Crippen molar-refractivity contribution in [2.45, 2.75) is 17.4 Å². The molecule has 2 heterocycles. The van der Waals surface area contributed by atoms with Crippen molar-refractivity contribution < 1.29 is 27.8 Å². The van der Waals surface area contributed by atoms with Crippen LogP contribution < -0.4 is 0 Å². The molecule has 3 aromatic rings. The Morgan fingerprint density at radius 1 is 1.15 bits per heavy atom. The van der Waals surface area contributed by atoms with Crippen LogP contribution in [-0.2, 0) is 26.0 Å². The number of nitrogens with zero attached hydrogens (tertiary/aromatic N) is 3. The molecule has 34 heavy (non-hydrogen) atoms. The number of H-pyrrole nitrogens is 1. The van der Waals surface area contributed by atoms with E-state index in [0.717, 1.165) is 34.5 Å². The lowest BCUT2D eigenvalue weighted by Crippen LogP contribution is -2.47. The predicted octanol–water partition coefficient (Wildman–Crippen LogP) is 2.79. The van der Waals surface area contributed by atoms with E-state index in [2.05, 4.69) is 4.98 Å². The van der Waals surface area contributed by atoms with Gasteiger partial charge in [-0.15, -0.1) is 0 Å². The maximum absolute atomic E-state index is 13.6. The summed E-state index contributed by atoms with van der Waals surface area (Å²) in [7, 11) is -3.54. The number of carbonyl (C=O) groups excluding carboxylic acids is 1. The maximum Gasteiger partial charge on any atom is 0.324 e. The van der Waals surface area contributed by atoms with E-state index in [1.807, 2.05) is 18.2 Å². The zero-order chi connectivity index (χ0) is 24.6. The van der Waals surface area contributed by atoms with Crippen LogP contribution in [0.3, 0.4) is 0 Å². The van der Waals surface area contributed by atoms with Crippen molar-refractivity contribution in [1.82, 2.24) is 9.29 Å². The molecule has 1 aliphatic heterocycles. The summed E-state index contributed by atoms with van der Waals surface area (Å²) in [5.41, 5.74) is 0.583. The number of ether oxygens (including phenoxy) is 1. The number of aromatic amines is 1. The van der Waals surface area contributed by atoms with Gasteiger partial charge in [-0.05, 0) is 23.8 Å². The van der Waals surface area contributed by atoms with Crippen molar-refractivity contribution >= 4 is 44.3 Å². The number of rotatable bonds is 5. The third-order valence-corrected chi connectivity index (χ3v) is 7.49. The van der Waals surface area contributed by atoms with E-state index in [9.17, 15) is 33.4 Å². The monoisotopic (exact) mass is 486 g/mol. The Hall–Kier alpha value is -4.10. The van der Waals surface area contributed by atoms with Crippen LogP contribution in [0.5, 0.6) is 0 Å². The average molecular weight is 486 g/mol. The van der Waals surface area contributed by atoms with Crippen LogP contribution in [-0.4, -0.2) is 53.2 Å². The number of esters is 1. The Morgan fingerprint density at radius 2 is 1.88 bits per heavy atom. The Kier molecular flexibility index (Phi) is 5.89. The molecule has 4 rings (SSSR count). The molecular formula is C21H18N4O8S. The molecule has 0 bridgehead atoms. The normalized spacial score (nSPS) is 17.4. The molecule has 0 fully saturated rings. The van der Waals surface area contributed by atoms with E-state index in [1.165, 1.54) is 6.08 Å². The van der Waals surface area contributed by atoms with E-state index < -0.39 is 48.2 Å². The summed E-state index contributed by atoms with van der Waals surface area (Å²) >= 11 is 0. The van der Waals surface area contributed by atoms with Crippen molar-refractivity contribution in [3.05, 3.63) is 80.0 Å². The van der Waals surface area contributed by atoms with Gasteiger partial charge in [0, 0.05) is 35.6 Å². The van der Waals surface area contributed by atoms with Gasteiger partial charge in [-0.3, -0.25) is 25.0 Å². The summed E-state index contributed by atoms with van der Waals surface area (Å²) < 4.78 is 32.9. The van der Waals surface area contributed by atoms with Crippen molar-refractivity contribution in [3.8, 4) is 0 Å². The van der Waals surface area contributed by atoms with Gasteiger partial charge in [0.15, 0.2) is 4.90 Å². The molecule has 1 aliphatic rings. The summed E-state index contributed by atoms with van der Waals surface area (Å²) in [5, 5.41) is 23.4. The minimum atomic E-state index is -4.66. The quantitative estimate of drug-likeness (QED) is 0.326. The van der Waals surface area contributed by atoms with Gasteiger partial charge in [0.25, 0.3) is 21.4 Å². The van der Waals surface area contributed by atoms with Crippen molar-refractivity contribution in [2.75, 3.05) is 13.7 Å². The molecular weight excluding hydrogens is 468 g/mol. The van der Waals surface area contributed by atoms with Crippen LogP contribution in [0.25, 0.3) is 17.0 Å². The number of benzene rings is 2. The zero-order valence-corrected chi connectivity index (χ0v) is 18.5. The number of hydrogen-bond acceptors (Lipinski definition) is 8. The fraction of sp³-hybridized carbons (Fsp3) is 0.190. The van der Waals surface area contributed by atoms with Crippen LogP contribution >= 0.6 is 0 Å². The molecule has 176 valence electrons.